The van der Waals surface area contributed by atoms with Crippen molar-refractivity contribution < 1.29 is 13.2 Å². The van der Waals surface area contributed by atoms with E-state index < -0.39 is 10.0 Å². The van der Waals surface area contributed by atoms with Crippen LogP contribution in [0.25, 0.3) is 0 Å². The Kier molecular flexibility index (Phi) is 7.52. The van der Waals surface area contributed by atoms with Gasteiger partial charge in [-0.3, -0.25) is 0 Å². The topological polar surface area (TPSA) is 49.9 Å². The molecular weight excluding hydrogens is 324 g/mol. The zero-order chi connectivity index (χ0) is 17.4. The molecule has 0 aliphatic carbocycles. The number of unbranched alkanes of at least 4 members (excludes halogenated alkanes) is 2. The molecule has 136 valence electrons. The van der Waals surface area contributed by atoms with Crippen molar-refractivity contribution in [2.75, 3.05) is 45.6 Å². The molecule has 0 spiro atoms. The summed E-state index contributed by atoms with van der Waals surface area (Å²) in [4.78, 5) is 2.35. The smallest absolute Gasteiger partial charge is 0.214 e. The van der Waals surface area contributed by atoms with E-state index in [1.54, 1.807) is 11.4 Å². The predicted molar refractivity (Wildman–Crippen MR) is 98.0 cm³/mol. The Balaban J connectivity index is 1.74. The van der Waals surface area contributed by atoms with Crippen LogP contribution < -0.4 is 4.74 Å². The highest BCUT2D eigenvalue weighted by Crippen LogP contribution is 2.14. The van der Waals surface area contributed by atoms with E-state index in [0.29, 0.717) is 18.8 Å². The van der Waals surface area contributed by atoms with Crippen LogP contribution >= 0.6 is 0 Å². The van der Waals surface area contributed by atoms with Crippen LogP contribution in [0, 0.1) is 0 Å². The lowest BCUT2D eigenvalue weighted by Crippen LogP contribution is -2.49. The number of piperazine rings is 1. The molecule has 1 fully saturated rings. The Hall–Kier alpha value is -1.11. The molecule has 0 radical (unpaired) electrons. The summed E-state index contributed by atoms with van der Waals surface area (Å²) in [5.74, 6) is 1.17. The number of methoxy groups -OCH3 is 1. The van der Waals surface area contributed by atoms with Gasteiger partial charge in [-0.15, -0.1) is 0 Å². The number of ether oxygens (including phenoxy) is 1. The molecule has 0 unspecified atom stereocenters. The molecule has 0 aromatic heterocycles. The molecule has 5 nitrogen and oxygen atoms in total. The van der Waals surface area contributed by atoms with Crippen molar-refractivity contribution in [3.05, 3.63) is 29.8 Å². The molecule has 1 saturated heterocycles. The van der Waals surface area contributed by atoms with Crippen molar-refractivity contribution in [1.82, 2.24) is 9.21 Å². The van der Waals surface area contributed by atoms with Crippen LogP contribution in [-0.4, -0.2) is 63.2 Å². The SMILES string of the molecule is CCCCCS(=O)(=O)N1CCN(CCc2ccc(OC)cc2)CC1. The second-order valence-corrected chi connectivity index (χ2v) is 8.45. The molecule has 0 N–H and O–H groups in total. The number of nitrogens with zero attached hydrogens (tertiary/aromatic N) is 2. The molecule has 6 heteroatoms. The first kappa shape index (κ1) is 19.2. The highest BCUT2D eigenvalue weighted by molar-refractivity contribution is 7.89. The summed E-state index contributed by atoms with van der Waals surface area (Å²) in [6.07, 6.45) is 3.79. The van der Waals surface area contributed by atoms with Gasteiger partial charge in [-0.05, 0) is 30.5 Å². The maximum atomic E-state index is 12.3. The molecule has 1 heterocycles. The standard InChI is InChI=1S/C18H30N2O3S/c1-3-4-5-16-24(21,22)20-14-12-19(13-15-20)11-10-17-6-8-18(23-2)9-7-17/h6-9H,3-5,10-16H2,1-2H3. The van der Waals surface area contributed by atoms with E-state index in [-0.39, 0.29) is 0 Å². The Bertz CT molecular complexity index is 579. The minimum atomic E-state index is -3.06. The van der Waals surface area contributed by atoms with Crippen LogP contribution in [0.4, 0.5) is 0 Å². The van der Waals surface area contributed by atoms with Gasteiger partial charge in [0.2, 0.25) is 10.0 Å². The summed E-state index contributed by atoms with van der Waals surface area (Å²) >= 11 is 0. The molecule has 1 aromatic carbocycles. The zero-order valence-electron chi connectivity index (χ0n) is 14.9. The highest BCUT2D eigenvalue weighted by Gasteiger charge is 2.26. The van der Waals surface area contributed by atoms with Gasteiger partial charge >= 0.3 is 0 Å². The molecule has 1 aromatic rings. The average Bonchev–Trinajstić information content (AvgIpc) is 2.61. The Morgan fingerprint density at radius 3 is 2.29 bits per heavy atom. The summed E-state index contributed by atoms with van der Waals surface area (Å²) in [6.45, 7) is 5.95. The highest BCUT2D eigenvalue weighted by atomic mass is 32.2. The van der Waals surface area contributed by atoms with Crippen molar-refractivity contribution in [1.29, 1.82) is 0 Å². The van der Waals surface area contributed by atoms with Gasteiger partial charge in [0.05, 0.1) is 12.9 Å². The third kappa shape index (κ3) is 5.76. The fourth-order valence-corrected chi connectivity index (χ4v) is 4.52. The third-order valence-electron chi connectivity index (χ3n) is 4.61. The van der Waals surface area contributed by atoms with Crippen LogP contribution in [0.1, 0.15) is 31.7 Å². The number of sulfonamides is 1. The van der Waals surface area contributed by atoms with Crippen molar-refractivity contribution >= 4 is 10.0 Å². The summed E-state index contributed by atoms with van der Waals surface area (Å²) < 4.78 is 31.4. The minimum Gasteiger partial charge on any atom is -0.497 e. The van der Waals surface area contributed by atoms with Gasteiger partial charge in [0.15, 0.2) is 0 Å². The van der Waals surface area contributed by atoms with Crippen LogP contribution in [0.15, 0.2) is 24.3 Å². The van der Waals surface area contributed by atoms with E-state index >= 15 is 0 Å². The Labute approximate surface area is 146 Å². The summed E-state index contributed by atoms with van der Waals surface area (Å²) in [6, 6.07) is 8.15. The molecule has 0 atom stereocenters. The first-order valence-electron chi connectivity index (χ1n) is 8.88. The lowest BCUT2D eigenvalue weighted by atomic mass is 10.1. The van der Waals surface area contributed by atoms with Gasteiger partial charge in [-0.1, -0.05) is 31.9 Å². The van der Waals surface area contributed by atoms with E-state index in [2.05, 4.69) is 24.0 Å². The second-order valence-electron chi connectivity index (χ2n) is 6.36. The van der Waals surface area contributed by atoms with E-state index in [1.807, 2.05) is 12.1 Å². The minimum absolute atomic E-state index is 0.298. The second kappa shape index (κ2) is 9.39. The summed E-state index contributed by atoms with van der Waals surface area (Å²) in [5, 5.41) is 0. The molecular formula is C18H30N2O3S. The van der Waals surface area contributed by atoms with Crippen LogP contribution in [0.3, 0.4) is 0 Å². The predicted octanol–water partition coefficient (Wildman–Crippen LogP) is 2.38. The molecule has 0 amide bonds. The van der Waals surface area contributed by atoms with E-state index in [1.165, 1.54) is 5.56 Å². The lowest BCUT2D eigenvalue weighted by Gasteiger charge is -2.34. The molecule has 1 aliphatic heterocycles. The average molecular weight is 355 g/mol. The van der Waals surface area contributed by atoms with Gasteiger partial charge in [-0.2, -0.15) is 4.31 Å². The first-order chi connectivity index (χ1) is 11.5. The van der Waals surface area contributed by atoms with Gasteiger partial charge in [0.25, 0.3) is 0 Å². The van der Waals surface area contributed by atoms with Crippen molar-refractivity contribution in [2.24, 2.45) is 0 Å². The number of hydrogen-bond donors (Lipinski definition) is 0. The van der Waals surface area contributed by atoms with E-state index in [9.17, 15) is 8.42 Å². The van der Waals surface area contributed by atoms with Gasteiger partial charge < -0.3 is 9.64 Å². The van der Waals surface area contributed by atoms with Gasteiger partial charge in [0.1, 0.15) is 5.75 Å². The lowest BCUT2D eigenvalue weighted by molar-refractivity contribution is 0.190. The molecule has 24 heavy (non-hydrogen) atoms. The van der Waals surface area contributed by atoms with Crippen molar-refractivity contribution in [3.8, 4) is 5.75 Å². The third-order valence-corrected chi connectivity index (χ3v) is 6.56. The van der Waals surface area contributed by atoms with E-state index in [4.69, 9.17) is 4.74 Å². The molecule has 1 aliphatic rings. The summed E-state index contributed by atoms with van der Waals surface area (Å²) in [5.41, 5.74) is 1.28. The zero-order valence-corrected chi connectivity index (χ0v) is 15.7. The fourth-order valence-electron chi connectivity index (χ4n) is 2.97. The van der Waals surface area contributed by atoms with Gasteiger partial charge in [0, 0.05) is 32.7 Å². The van der Waals surface area contributed by atoms with Crippen molar-refractivity contribution in [2.45, 2.75) is 32.6 Å². The normalized spacial score (nSPS) is 17.1. The van der Waals surface area contributed by atoms with Crippen molar-refractivity contribution in [3.63, 3.8) is 0 Å². The van der Waals surface area contributed by atoms with E-state index in [0.717, 1.165) is 51.1 Å². The quantitative estimate of drug-likeness (QED) is 0.639. The fraction of sp³-hybridized carbons (Fsp3) is 0.667. The maximum absolute atomic E-state index is 12.3. The Morgan fingerprint density at radius 2 is 1.71 bits per heavy atom. The van der Waals surface area contributed by atoms with Crippen LogP contribution in [0.5, 0.6) is 5.75 Å². The van der Waals surface area contributed by atoms with Crippen LogP contribution in [-0.2, 0) is 16.4 Å². The number of hydrogen-bond acceptors (Lipinski definition) is 4. The molecule has 2 rings (SSSR count). The first-order valence-corrected chi connectivity index (χ1v) is 10.5. The number of benzene rings is 1. The Morgan fingerprint density at radius 1 is 1.04 bits per heavy atom. The van der Waals surface area contributed by atoms with Crippen LogP contribution in [0.2, 0.25) is 0 Å². The summed E-state index contributed by atoms with van der Waals surface area (Å²) in [7, 11) is -1.39. The number of rotatable bonds is 9. The van der Waals surface area contributed by atoms with Gasteiger partial charge in [-0.25, -0.2) is 8.42 Å². The monoisotopic (exact) mass is 354 g/mol. The maximum Gasteiger partial charge on any atom is 0.214 e. The molecule has 0 saturated carbocycles. The largest absolute Gasteiger partial charge is 0.497 e. The molecule has 0 bridgehead atoms.